The lowest BCUT2D eigenvalue weighted by molar-refractivity contribution is -0.134. The number of halogens is 1. The van der Waals surface area contributed by atoms with E-state index in [1.807, 2.05) is 0 Å². The second kappa shape index (κ2) is 6.04. The quantitative estimate of drug-likeness (QED) is 0.923. The van der Waals surface area contributed by atoms with E-state index in [-0.39, 0.29) is 24.4 Å². The highest BCUT2D eigenvalue weighted by atomic mass is 35.5. The van der Waals surface area contributed by atoms with Crippen LogP contribution in [0, 0.1) is 0 Å². The summed E-state index contributed by atoms with van der Waals surface area (Å²) in [7, 11) is 0. The molecule has 0 spiro atoms. The Kier molecular flexibility index (Phi) is 4.23. The predicted octanol–water partition coefficient (Wildman–Crippen LogP) is 2.90. The number of anilines is 1. The van der Waals surface area contributed by atoms with Crippen molar-refractivity contribution in [2.24, 2.45) is 0 Å². The van der Waals surface area contributed by atoms with E-state index in [0.717, 1.165) is 25.7 Å². The van der Waals surface area contributed by atoms with Crippen LogP contribution in [0.3, 0.4) is 0 Å². The van der Waals surface area contributed by atoms with Crippen molar-refractivity contribution in [3.8, 4) is 5.75 Å². The molecule has 0 atom stereocenters. The zero-order chi connectivity index (χ0) is 16.6. The lowest BCUT2D eigenvalue weighted by atomic mass is 10.0. The first-order valence-corrected chi connectivity index (χ1v) is 8.34. The SMILES string of the molecule is CC1(C)Oc2ccc(Cl)cc2N(CC(=O)NC2CCCC2)C1=O. The summed E-state index contributed by atoms with van der Waals surface area (Å²) in [6.07, 6.45) is 4.31. The van der Waals surface area contributed by atoms with Gasteiger partial charge in [-0.1, -0.05) is 24.4 Å². The van der Waals surface area contributed by atoms with E-state index in [1.54, 1.807) is 32.0 Å². The van der Waals surface area contributed by atoms with E-state index >= 15 is 0 Å². The Morgan fingerprint density at radius 3 is 2.78 bits per heavy atom. The van der Waals surface area contributed by atoms with E-state index in [4.69, 9.17) is 16.3 Å². The van der Waals surface area contributed by atoms with Crippen LogP contribution in [0.15, 0.2) is 18.2 Å². The molecule has 0 aromatic heterocycles. The van der Waals surface area contributed by atoms with Gasteiger partial charge >= 0.3 is 0 Å². The Hall–Kier alpha value is -1.75. The fourth-order valence-electron chi connectivity index (χ4n) is 3.18. The third kappa shape index (κ3) is 3.29. The van der Waals surface area contributed by atoms with Crippen molar-refractivity contribution in [2.75, 3.05) is 11.4 Å². The molecule has 2 amide bonds. The largest absolute Gasteiger partial charge is 0.476 e. The highest BCUT2D eigenvalue weighted by Crippen LogP contribution is 2.39. The molecule has 1 saturated carbocycles. The molecule has 1 aliphatic carbocycles. The number of fused-ring (bicyclic) bond motifs is 1. The monoisotopic (exact) mass is 336 g/mol. The Morgan fingerprint density at radius 1 is 1.39 bits per heavy atom. The van der Waals surface area contributed by atoms with Crippen LogP contribution in [0.5, 0.6) is 5.75 Å². The van der Waals surface area contributed by atoms with Crippen LogP contribution in [0.4, 0.5) is 5.69 Å². The topological polar surface area (TPSA) is 58.6 Å². The van der Waals surface area contributed by atoms with Crippen LogP contribution in [-0.4, -0.2) is 30.0 Å². The van der Waals surface area contributed by atoms with E-state index < -0.39 is 5.60 Å². The van der Waals surface area contributed by atoms with E-state index in [0.29, 0.717) is 16.5 Å². The summed E-state index contributed by atoms with van der Waals surface area (Å²) in [6, 6.07) is 5.33. The zero-order valence-corrected chi connectivity index (χ0v) is 14.2. The van der Waals surface area contributed by atoms with Crippen LogP contribution in [0.2, 0.25) is 5.02 Å². The minimum atomic E-state index is -1.01. The first-order valence-electron chi connectivity index (χ1n) is 7.97. The lowest BCUT2D eigenvalue weighted by Crippen LogP contribution is -2.55. The molecule has 0 bridgehead atoms. The third-order valence-corrected chi connectivity index (χ3v) is 4.59. The Labute approximate surface area is 140 Å². The highest BCUT2D eigenvalue weighted by molar-refractivity contribution is 6.31. The third-order valence-electron chi connectivity index (χ3n) is 4.36. The molecule has 0 saturated heterocycles. The number of rotatable bonds is 3. The average molecular weight is 337 g/mol. The molecule has 23 heavy (non-hydrogen) atoms. The summed E-state index contributed by atoms with van der Waals surface area (Å²) in [5.74, 6) is 0.176. The first kappa shape index (κ1) is 16.1. The van der Waals surface area contributed by atoms with Crippen molar-refractivity contribution in [2.45, 2.75) is 51.2 Å². The van der Waals surface area contributed by atoms with Gasteiger partial charge in [0.15, 0.2) is 5.60 Å². The summed E-state index contributed by atoms with van der Waals surface area (Å²) in [5.41, 5.74) is -0.461. The molecule has 6 heteroatoms. The van der Waals surface area contributed by atoms with Gasteiger partial charge in [0.2, 0.25) is 5.91 Å². The van der Waals surface area contributed by atoms with Crippen molar-refractivity contribution in [3.05, 3.63) is 23.2 Å². The molecular formula is C17H21ClN2O3. The van der Waals surface area contributed by atoms with E-state index in [2.05, 4.69) is 5.32 Å². The number of benzene rings is 1. The second-order valence-corrected chi connectivity index (χ2v) is 7.10. The fourth-order valence-corrected chi connectivity index (χ4v) is 3.35. The molecule has 0 unspecified atom stereocenters. The first-order chi connectivity index (χ1) is 10.9. The van der Waals surface area contributed by atoms with Crippen LogP contribution in [-0.2, 0) is 9.59 Å². The van der Waals surface area contributed by atoms with Gasteiger partial charge in [0.1, 0.15) is 12.3 Å². The van der Waals surface area contributed by atoms with Gasteiger partial charge in [0.25, 0.3) is 5.91 Å². The Morgan fingerprint density at radius 2 is 2.09 bits per heavy atom. The summed E-state index contributed by atoms with van der Waals surface area (Å²) < 4.78 is 5.75. The van der Waals surface area contributed by atoms with Crippen LogP contribution in [0.1, 0.15) is 39.5 Å². The maximum Gasteiger partial charge on any atom is 0.271 e. The Balaban J connectivity index is 1.82. The number of ether oxygens (including phenoxy) is 1. The van der Waals surface area contributed by atoms with E-state index in [1.165, 1.54) is 4.90 Å². The highest BCUT2D eigenvalue weighted by Gasteiger charge is 2.41. The standard InChI is InChI=1S/C17H21ClN2O3/c1-17(2)16(22)20(10-15(21)19-12-5-3-4-6-12)13-9-11(18)7-8-14(13)23-17/h7-9,12H,3-6,10H2,1-2H3,(H,19,21). The normalized spacial score (nSPS) is 20.1. The number of amides is 2. The number of nitrogens with one attached hydrogen (secondary N) is 1. The van der Waals surface area contributed by atoms with Crippen LogP contribution >= 0.6 is 11.6 Å². The van der Waals surface area contributed by atoms with Crippen molar-refractivity contribution in [3.63, 3.8) is 0 Å². The van der Waals surface area contributed by atoms with Crippen molar-refractivity contribution < 1.29 is 14.3 Å². The van der Waals surface area contributed by atoms with Gasteiger partial charge in [-0.2, -0.15) is 0 Å². The molecule has 0 radical (unpaired) electrons. The second-order valence-electron chi connectivity index (χ2n) is 6.66. The van der Waals surface area contributed by atoms with Gasteiger partial charge in [-0.25, -0.2) is 0 Å². The molecule has 5 nitrogen and oxygen atoms in total. The molecule has 1 aromatic carbocycles. The zero-order valence-electron chi connectivity index (χ0n) is 13.4. The molecule has 1 N–H and O–H groups in total. The molecule has 1 aliphatic heterocycles. The molecular weight excluding hydrogens is 316 g/mol. The van der Waals surface area contributed by atoms with Gasteiger partial charge in [-0.05, 0) is 44.9 Å². The van der Waals surface area contributed by atoms with Crippen LogP contribution < -0.4 is 15.0 Å². The number of carbonyl (C=O) groups is 2. The summed E-state index contributed by atoms with van der Waals surface area (Å²) >= 11 is 6.04. The predicted molar refractivity (Wildman–Crippen MR) is 88.9 cm³/mol. The minimum Gasteiger partial charge on any atom is -0.476 e. The molecule has 124 valence electrons. The molecule has 1 fully saturated rings. The van der Waals surface area contributed by atoms with Gasteiger partial charge in [0.05, 0.1) is 5.69 Å². The smallest absolute Gasteiger partial charge is 0.271 e. The molecule has 3 rings (SSSR count). The number of hydrogen-bond donors (Lipinski definition) is 1. The maximum atomic E-state index is 12.7. The number of hydrogen-bond acceptors (Lipinski definition) is 3. The summed E-state index contributed by atoms with van der Waals surface area (Å²) in [4.78, 5) is 26.5. The van der Waals surface area contributed by atoms with E-state index in [9.17, 15) is 9.59 Å². The molecule has 2 aliphatic rings. The van der Waals surface area contributed by atoms with Crippen LogP contribution in [0.25, 0.3) is 0 Å². The van der Waals surface area contributed by atoms with Crippen molar-refractivity contribution in [1.29, 1.82) is 0 Å². The fraction of sp³-hybridized carbons (Fsp3) is 0.529. The van der Waals surface area contributed by atoms with Gasteiger partial charge in [0, 0.05) is 11.1 Å². The van der Waals surface area contributed by atoms with Gasteiger partial charge < -0.3 is 10.1 Å². The molecule has 1 heterocycles. The summed E-state index contributed by atoms with van der Waals surface area (Å²) in [5, 5.41) is 3.51. The van der Waals surface area contributed by atoms with Crippen molar-refractivity contribution >= 4 is 29.1 Å². The Bertz CT molecular complexity index is 639. The number of carbonyl (C=O) groups excluding carboxylic acids is 2. The van der Waals surface area contributed by atoms with Gasteiger partial charge in [-0.15, -0.1) is 0 Å². The molecule has 1 aromatic rings. The van der Waals surface area contributed by atoms with Crippen molar-refractivity contribution in [1.82, 2.24) is 5.32 Å². The average Bonchev–Trinajstić information content (AvgIpc) is 2.97. The van der Waals surface area contributed by atoms with Gasteiger partial charge in [-0.3, -0.25) is 14.5 Å². The summed E-state index contributed by atoms with van der Waals surface area (Å²) in [6.45, 7) is 3.39. The number of nitrogens with zero attached hydrogens (tertiary/aromatic N) is 1. The minimum absolute atomic E-state index is 0.0184. The maximum absolute atomic E-state index is 12.7. The lowest BCUT2D eigenvalue weighted by Gasteiger charge is -2.38.